The van der Waals surface area contributed by atoms with Gasteiger partial charge >= 0.3 is 0 Å². The van der Waals surface area contributed by atoms with E-state index in [1.807, 2.05) is 67.6 Å². The molecule has 0 aliphatic heterocycles. The smallest absolute Gasteiger partial charge is 0.232 e. The zero-order valence-corrected chi connectivity index (χ0v) is 13.3. The Morgan fingerprint density at radius 1 is 0.870 bits per heavy atom. The molecule has 0 fully saturated rings. The van der Waals surface area contributed by atoms with E-state index in [2.05, 4.69) is 10.6 Å². The number of nitrogens with one attached hydrogen (secondary N) is 2. The van der Waals surface area contributed by atoms with Crippen molar-refractivity contribution < 1.29 is 9.59 Å². The maximum atomic E-state index is 12.6. The average Bonchev–Trinajstić information content (AvgIpc) is 2.57. The van der Waals surface area contributed by atoms with Crippen molar-refractivity contribution >= 4 is 11.8 Å². The quantitative estimate of drug-likeness (QED) is 0.825. The number of hydrogen-bond acceptors (Lipinski definition) is 2. The summed E-state index contributed by atoms with van der Waals surface area (Å²) in [4.78, 5) is 24.1. The van der Waals surface area contributed by atoms with Crippen molar-refractivity contribution in [3.8, 4) is 0 Å². The Morgan fingerprint density at radius 3 is 1.87 bits per heavy atom. The minimum absolute atomic E-state index is 0.0521. The van der Waals surface area contributed by atoms with E-state index in [1.54, 1.807) is 0 Å². The summed E-state index contributed by atoms with van der Waals surface area (Å²) in [6.45, 7) is 2.81. The fraction of sp³-hybridized carbons (Fsp3) is 0.263. The van der Waals surface area contributed by atoms with Crippen molar-refractivity contribution in [2.45, 2.75) is 19.3 Å². The normalized spacial score (nSPS) is 10.3. The molecule has 2 aromatic rings. The van der Waals surface area contributed by atoms with Crippen LogP contribution in [0.25, 0.3) is 0 Å². The molecular weight excluding hydrogens is 288 g/mol. The van der Waals surface area contributed by atoms with Gasteiger partial charge in [0.2, 0.25) is 11.8 Å². The van der Waals surface area contributed by atoms with Crippen LogP contribution in [0.5, 0.6) is 0 Å². The molecule has 4 heteroatoms. The second kappa shape index (κ2) is 8.73. The first-order chi connectivity index (χ1) is 11.2. The third-order valence-electron chi connectivity index (χ3n) is 3.55. The number of benzene rings is 2. The van der Waals surface area contributed by atoms with Gasteiger partial charge in [-0.05, 0) is 18.1 Å². The summed E-state index contributed by atoms with van der Waals surface area (Å²) >= 11 is 0. The molecule has 0 aromatic heterocycles. The molecule has 0 spiro atoms. The van der Waals surface area contributed by atoms with E-state index in [0.29, 0.717) is 13.1 Å². The van der Waals surface area contributed by atoms with Crippen molar-refractivity contribution in [1.29, 1.82) is 0 Å². The van der Waals surface area contributed by atoms with Crippen LogP contribution >= 0.6 is 0 Å². The van der Waals surface area contributed by atoms with Gasteiger partial charge in [0.1, 0.15) is 0 Å². The molecule has 120 valence electrons. The Labute approximate surface area is 136 Å². The molecule has 0 unspecified atom stereocenters. The van der Waals surface area contributed by atoms with Crippen molar-refractivity contribution in [3.63, 3.8) is 0 Å². The molecule has 2 N–H and O–H groups in total. The Morgan fingerprint density at radius 2 is 1.39 bits per heavy atom. The lowest BCUT2D eigenvalue weighted by Crippen LogP contribution is -2.34. The van der Waals surface area contributed by atoms with Crippen molar-refractivity contribution in [1.82, 2.24) is 10.6 Å². The molecule has 0 aliphatic carbocycles. The largest absolute Gasteiger partial charge is 0.356 e. The zero-order valence-electron chi connectivity index (χ0n) is 13.3. The topological polar surface area (TPSA) is 58.2 Å². The summed E-state index contributed by atoms with van der Waals surface area (Å²) in [5, 5.41) is 5.59. The fourth-order valence-corrected chi connectivity index (χ4v) is 2.47. The minimum atomic E-state index is -0.369. The van der Waals surface area contributed by atoms with Gasteiger partial charge in [-0.2, -0.15) is 0 Å². The van der Waals surface area contributed by atoms with Crippen molar-refractivity contribution in [2.24, 2.45) is 0 Å². The summed E-state index contributed by atoms with van der Waals surface area (Å²) in [7, 11) is 0. The predicted molar refractivity (Wildman–Crippen MR) is 91.0 cm³/mol. The second-order valence-corrected chi connectivity index (χ2v) is 5.25. The molecule has 0 radical (unpaired) electrons. The summed E-state index contributed by atoms with van der Waals surface area (Å²) in [5.74, 6) is -0.512. The highest BCUT2D eigenvalue weighted by atomic mass is 16.2. The van der Waals surface area contributed by atoms with Crippen LogP contribution in [0.15, 0.2) is 60.7 Å². The predicted octanol–water partition coefficient (Wildman–Crippen LogP) is 2.46. The van der Waals surface area contributed by atoms with E-state index in [0.717, 1.165) is 11.1 Å². The number of carbonyl (C=O) groups is 2. The maximum Gasteiger partial charge on any atom is 0.232 e. The minimum Gasteiger partial charge on any atom is -0.356 e. The summed E-state index contributed by atoms with van der Waals surface area (Å²) < 4.78 is 0. The van der Waals surface area contributed by atoms with Gasteiger partial charge in [0.05, 0.1) is 5.92 Å². The van der Waals surface area contributed by atoms with Gasteiger partial charge in [0.25, 0.3) is 0 Å². The van der Waals surface area contributed by atoms with Crippen LogP contribution < -0.4 is 10.6 Å². The first-order valence-electron chi connectivity index (χ1n) is 7.86. The van der Waals surface area contributed by atoms with Crippen LogP contribution in [0, 0.1) is 0 Å². The average molecular weight is 310 g/mol. The van der Waals surface area contributed by atoms with Crippen molar-refractivity contribution in [2.75, 3.05) is 13.1 Å². The number of amides is 2. The third kappa shape index (κ3) is 4.95. The van der Waals surface area contributed by atoms with Crippen LogP contribution in [0.4, 0.5) is 0 Å². The molecule has 0 atom stereocenters. The molecule has 0 saturated heterocycles. The van der Waals surface area contributed by atoms with E-state index >= 15 is 0 Å². The molecule has 23 heavy (non-hydrogen) atoms. The van der Waals surface area contributed by atoms with E-state index in [4.69, 9.17) is 0 Å². The Balaban J connectivity index is 2.09. The Hall–Kier alpha value is -2.62. The third-order valence-corrected chi connectivity index (χ3v) is 3.55. The van der Waals surface area contributed by atoms with E-state index in [-0.39, 0.29) is 24.2 Å². The van der Waals surface area contributed by atoms with Crippen LogP contribution in [0.3, 0.4) is 0 Å². The summed E-state index contributed by atoms with van der Waals surface area (Å²) in [6.07, 6.45) is 0.288. The zero-order chi connectivity index (χ0) is 16.5. The number of hydrogen-bond donors (Lipinski definition) is 2. The number of carbonyl (C=O) groups excluding carboxylic acids is 2. The van der Waals surface area contributed by atoms with Crippen LogP contribution in [0.1, 0.15) is 30.4 Å². The van der Waals surface area contributed by atoms with Crippen LogP contribution in [0.2, 0.25) is 0 Å². The van der Waals surface area contributed by atoms with Gasteiger partial charge in [-0.15, -0.1) is 0 Å². The summed E-state index contributed by atoms with van der Waals surface area (Å²) in [5.41, 5.74) is 1.88. The summed E-state index contributed by atoms with van der Waals surface area (Å²) in [6, 6.07) is 19.3. The Kier molecular flexibility index (Phi) is 6.36. The van der Waals surface area contributed by atoms with Gasteiger partial charge in [-0.3, -0.25) is 9.59 Å². The lowest BCUT2D eigenvalue weighted by molar-refractivity contribution is -0.122. The van der Waals surface area contributed by atoms with Crippen LogP contribution in [-0.4, -0.2) is 24.9 Å². The van der Waals surface area contributed by atoms with E-state index in [1.165, 1.54) is 0 Å². The van der Waals surface area contributed by atoms with E-state index in [9.17, 15) is 9.59 Å². The maximum absolute atomic E-state index is 12.6. The highest BCUT2D eigenvalue weighted by Crippen LogP contribution is 2.24. The van der Waals surface area contributed by atoms with Gasteiger partial charge < -0.3 is 10.6 Å². The first-order valence-corrected chi connectivity index (χ1v) is 7.86. The molecular formula is C19H22N2O2. The molecule has 2 amide bonds. The highest BCUT2D eigenvalue weighted by molar-refractivity contribution is 5.87. The molecule has 2 rings (SSSR count). The second-order valence-electron chi connectivity index (χ2n) is 5.25. The standard InChI is InChI=1S/C19H22N2O2/c1-2-20-17(22)13-14-21-19(23)18(15-9-5-3-6-10-15)16-11-7-4-8-12-16/h3-12,18H,2,13-14H2,1H3,(H,20,22)(H,21,23). The fourth-order valence-electron chi connectivity index (χ4n) is 2.47. The van der Waals surface area contributed by atoms with Gasteiger partial charge in [0, 0.05) is 19.5 Å². The monoisotopic (exact) mass is 310 g/mol. The first kappa shape index (κ1) is 16.7. The van der Waals surface area contributed by atoms with Gasteiger partial charge in [0.15, 0.2) is 0 Å². The Bertz CT molecular complexity index is 587. The van der Waals surface area contributed by atoms with Crippen LogP contribution in [-0.2, 0) is 9.59 Å². The molecule has 0 heterocycles. The lowest BCUT2D eigenvalue weighted by Gasteiger charge is -2.17. The number of rotatable bonds is 7. The molecule has 0 bridgehead atoms. The van der Waals surface area contributed by atoms with E-state index < -0.39 is 0 Å². The SMILES string of the molecule is CCNC(=O)CCNC(=O)C(c1ccccc1)c1ccccc1. The van der Waals surface area contributed by atoms with Gasteiger partial charge in [-0.25, -0.2) is 0 Å². The molecule has 4 nitrogen and oxygen atoms in total. The lowest BCUT2D eigenvalue weighted by atomic mass is 9.90. The molecule has 2 aromatic carbocycles. The molecule has 0 saturated carbocycles. The highest BCUT2D eigenvalue weighted by Gasteiger charge is 2.22. The molecule has 0 aliphatic rings. The van der Waals surface area contributed by atoms with Crippen molar-refractivity contribution in [3.05, 3.63) is 71.8 Å². The van der Waals surface area contributed by atoms with Gasteiger partial charge in [-0.1, -0.05) is 60.7 Å².